The molecule has 158 valence electrons. The first kappa shape index (κ1) is 20.6. The zero-order valence-electron chi connectivity index (χ0n) is 18.1. The number of H-pyrrole nitrogens is 1. The molecule has 0 bridgehead atoms. The first-order valence-electron chi connectivity index (χ1n) is 11.1. The molecule has 4 rings (SSSR count). The minimum Gasteiger partial charge on any atom is -0.361 e. The van der Waals surface area contributed by atoms with Crippen LogP contribution < -0.4 is 5.32 Å². The Morgan fingerprint density at radius 2 is 2.10 bits per heavy atom. The number of urea groups is 1. The second-order valence-corrected chi connectivity index (χ2v) is 9.64. The summed E-state index contributed by atoms with van der Waals surface area (Å²) in [5, 5.41) is 4.74. The topological polar surface area (TPSA) is 51.4 Å². The van der Waals surface area contributed by atoms with Crippen LogP contribution in [0.5, 0.6) is 0 Å². The van der Waals surface area contributed by atoms with Crippen molar-refractivity contribution in [1.29, 1.82) is 0 Å². The number of carbonyl (C=O) groups is 1. The maximum Gasteiger partial charge on any atom is 0.317 e. The Balaban J connectivity index is 1.63. The summed E-state index contributed by atoms with van der Waals surface area (Å²) in [5.74, 6) is 1.61. The second kappa shape index (κ2) is 8.60. The fraction of sp³-hybridized carbons (Fsp3) is 0.609. The van der Waals surface area contributed by atoms with E-state index < -0.39 is 0 Å². The van der Waals surface area contributed by atoms with Gasteiger partial charge in [-0.1, -0.05) is 6.92 Å². The maximum absolute atomic E-state index is 12.6. The van der Waals surface area contributed by atoms with Crippen molar-refractivity contribution in [2.75, 3.05) is 32.4 Å². The molecule has 6 heteroatoms. The Labute approximate surface area is 178 Å². The number of likely N-dealkylation sites (N-methyl/N-ethyl adjacent to an activating group) is 1. The number of aromatic amines is 1. The predicted molar refractivity (Wildman–Crippen MR) is 122 cm³/mol. The summed E-state index contributed by atoms with van der Waals surface area (Å²) in [6, 6.07) is 5.52. The average Bonchev–Trinajstić information content (AvgIpc) is 3.12. The van der Waals surface area contributed by atoms with Gasteiger partial charge >= 0.3 is 6.03 Å². The Kier molecular flexibility index (Phi) is 6.11. The third kappa shape index (κ3) is 3.89. The van der Waals surface area contributed by atoms with E-state index in [1.54, 1.807) is 0 Å². The van der Waals surface area contributed by atoms with Crippen molar-refractivity contribution in [3.63, 3.8) is 0 Å². The number of amides is 2. The molecule has 2 aromatic rings. The summed E-state index contributed by atoms with van der Waals surface area (Å²) >= 11 is 1.95. The van der Waals surface area contributed by atoms with E-state index in [9.17, 15) is 4.79 Å². The van der Waals surface area contributed by atoms with Crippen molar-refractivity contribution < 1.29 is 4.79 Å². The number of likely N-dealkylation sites (tertiary alicyclic amines) is 1. The van der Waals surface area contributed by atoms with E-state index in [4.69, 9.17) is 0 Å². The molecule has 0 radical (unpaired) electrons. The van der Waals surface area contributed by atoms with Crippen LogP contribution in [0.3, 0.4) is 0 Å². The lowest BCUT2D eigenvalue weighted by Crippen LogP contribution is -2.56. The molecule has 3 atom stereocenters. The van der Waals surface area contributed by atoms with Crippen LogP contribution in [0.1, 0.15) is 50.7 Å². The highest BCUT2D eigenvalue weighted by Crippen LogP contribution is 2.44. The molecule has 5 nitrogen and oxygen atoms in total. The van der Waals surface area contributed by atoms with E-state index in [1.807, 2.05) is 30.5 Å². The van der Waals surface area contributed by atoms with Gasteiger partial charge in [-0.3, -0.25) is 0 Å². The molecular formula is C23H34N4OS. The predicted octanol–water partition coefficient (Wildman–Crippen LogP) is 4.43. The van der Waals surface area contributed by atoms with E-state index >= 15 is 0 Å². The smallest absolute Gasteiger partial charge is 0.317 e. The molecule has 0 spiro atoms. The van der Waals surface area contributed by atoms with Crippen molar-refractivity contribution in [2.45, 2.75) is 62.9 Å². The summed E-state index contributed by atoms with van der Waals surface area (Å²) in [6.07, 6.45) is 5.50. The minimum absolute atomic E-state index is 0.0717. The zero-order chi connectivity index (χ0) is 20.5. The van der Waals surface area contributed by atoms with Crippen LogP contribution in [0.4, 0.5) is 4.79 Å². The monoisotopic (exact) mass is 414 g/mol. The van der Waals surface area contributed by atoms with E-state index in [1.165, 1.54) is 33.3 Å². The molecule has 0 saturated carbocycles. The number of fused-ring (bicyclic) bond motifs is 2. The van der Waals surface area contributed by atoms with Crippen molar-refractivity contribution in [2.24, 2.45) is 0 Å². The van der Waals surface area contributed by atoms with Gasteiger partial charge in [0, 0.05) is 59.6 Å². The molecule has 1 aromatic heterocycles. The standard InChI is InChI=1S/C23H34N4OS/c1-5-8-29-17-11-19-18-10-16(25-23(28)27(6-2)7-3)14-26(4)21(18)9-15-13-24-20(12-17)22(15)19/h11-13,16,18,21,24H,5-10,14H2,1-4H3,(H,25,28)/t16-,18+,21+/m0/s1. The molecule has 29 heavy (non-hydrogen) atoms. The van der Waals surface area contributed by atoms with Gasteiger partial charge in [0.1, 0.15) is 0 Å². The van der Waals surface area contributed by atoms with Gasteiger partial charge in [-0.05, 0) is 69.2 Å². The van der Waals surface area contributed by atoms with E-state index in [2.05, 4.69) is 47.5 Å². The van der Waals surface area contributed by atoms with Gasteiger partial charge in [0.05, 0.1) is 0 Å². The summed E-state index contributed by atoms with van der Waals surface area (Å²) in [7, 11) is 2.22. The summed E-state index contributed by atoms with van der Waals surface area (Å²) in [4.78, 5) is 21.9. The number of hydrogen-bond acceptors (Lipinski definition) is 3. The fourth-order valence-electron chi connectivity index (χ4n) is 5.17. The number of piperidine rings is 1. The third-order valence-electron chi connectivity index (χ3n) is 6.62. The first-order valence-corrected chi connectivity index (χ1v) is 12.1. The molecule has 1 aliphatic carbocycles. The van der Waals surface area contributed by atoms with E-state index in [-0.39, 0.29) is 12.1 Å². The quantitative estimate of drug-likeness (QED) is 0.688. The first-order chi connectivity index (χ1) is 14.0. The molecule has 1 aliphatic heterocycles. The highest BCUT2D eigenvalue weighted by atomic mass is 32.2. The lowest BCUT2D eigenvalue weighted by Gasteiger charge is -2.46. The molecule has 0 unspecified atom stereocenters. The Hall–Kier alpha value is -1.66. The maximum atomic E-state index is 12.6. The average molecular weight is 415 g/mol. The molecule has 1 aromatic carbocycles. The number of benzene rings is 1. The molecule has 2 heterocycles. The summed E-state index contributed by atoms with van der Waals surface area (Å²) < 4.78 is 0. The second-order valence-electron chi connectivity index (χ2n) is 8.47. The molecule has 2 amide bonds. The zero-order valence-corrected chi connectivity index (χ0v) is 18.9. The molecule has 2 N–H and O–H groups in total. The Morgan fingerprint density at radius 3 is 2.83 bits per heavy atom. The van der Waals surface area contributed by atoms with Gasteiger partial charge in [0.2, 0.25) is 0 Å². The van der Waals surface area contributed by atoms with Gasteiger partial charge in [0.15, 0.2) is 0 Å². The Morgan fingerprint density at radius 1 is 1.31 bits per heavy atom. The summed E-state index contributed by atoms with van der Waals surface area (Å²) in [6.45, 7) is 8.73. The highest BCUT2D eigenvalue weighted by molar-refractivity contribution is 7.99. The van der Waals surface area contributed by atoms with Gasteiger partial charge in [0.25, 0.3) is 0 Å². The van der Waals surface area contributed by atoms with Gasteiger partial charge in [-0.2, -0.15) is 0 Å². The highest BCUT2D eigenvalue weighted by Gasteiger charge is 2.40. The Bertz CT molecular complexity index is 875. The van der Waals surface area contributed by atoms with Crippen LogP contribution in [0.25, 0.3) is 10.9 Å². The lowest BCUT2D eigenvalue weighted by molar-refractivity contribution is 0.124. The number of aromatic nitrogens is 1. The number of nitrogens with zero attached hydrogens (tertiary/aromatic N) is 2. The van der Waals surface area contributed by atoms with Crippen LogP contribution in [-0.4, -0.2) is 65.3 Å². The molecule has 1 fully saturated rings. The van der Waals surface area contributed by atoms with Crippen LogP contribution in [0.15, 0.2) is 23.2 Å². The van der Waals surface area contributed by atoms with Crippen LogP contribution in [-0.2, 0) is 6.42 Å². The van der Waals surface area contributed by atoms with Crippen molar-refractivity contribution in [1.82, 2.24) is 20.1 Å². The largest absolute Gasteiger partial charge is 0.361 e. The van der Waals surface area contributed by atoms with Crippen molar-refractivity contribution in [3.8, 4) is 0 Å². The number of rotatable bonds is 6. The van der Waals surface area contributed by atoms with Gasteiger partial charge < -0.3 is 20.1 Å². The number of carbonyl (C=O) groups excluding carboxylic acids is 1. The SMILES string of the molecule is CCCSc1cc2c3c(c[nH]c3c1)C[C@@H]1[C@@H]2C[C@H](NC(=O)N(CC)CC)CN1C. The van der Waals surface area contributed by atoms with Crippen molar-refractivity contribution >= 4 is 28.7 Å². The number of hydrogen-bond donors (Lipinski definition) is 2. The molecule has 2 aliphatic rings. The summed E-state index contributed by atoms with van der Waals surface area (Å²) in [5.41, 5.74) is 4.19. The van der Waals surface area contributed by atoms with E-state index in [0.717, 1.165) is 38.2 Å². The van der Waals surface area contributed by atoms with Crippen LogP contribution >= 0.6 is 11.8 Å². The molecule has 1 saturated heterocycles. The molecular weight excluding hydrogens is 380 g/mol. The van der Waals surface area contributed by atoms with Crippen LogP contribution in [0.2, 0.25) is 0 Å². The van der Waals surface area contributed by atoms with E-state index in [0.29, 0.717) is 12.0 Å². The van der Waals surface area contributed by atoms with Crippen molar-refractivity contribution in [3.05, 3.63) is 29.5 Å². The number of thioether (sulfide) groups is 1. The minimum atomic E-state index is 0.0717. The van der Waals surface area contributed by atoms with Crippen LogP contribution in [0, 0.1) is 0 Å². The van der Waals surface area contributed by atoms with Gasteiger partial charge in [-0.15, -0.1) is 11.8 Å². The lowest BCUT2D eigenvalue weighted by atomic mass is 9.74. The third-order valence-corrected chi connectivity index (χ3v) is 7.80. The fourth-order valence-corrected chi connectivity index (χ4v) is 6.02. The normalized spacial score (nSPS) is 23.8. The number of nitrogens with one attached hydrogen (secondary N) is 2. The van der Waals surface area contributed by atoms with Gasteiger partial charge in [-0.25, -0.2) is 4.79 Å².